The first-order valence-electron chi connectivity index (χ1n) is 5.70. The molecule has 0 unspecified atom stereocenters. The Morgan fingerprint density at radius 1 is 1.35 bits per heavy atom. The molecule has 0 fully saturated rings. The molecule has 96 valence electrons. The van der Waals surface area contributed by atoms with Gasteiger partial charge in [0.15, 0.2) is 0 Å². The first-order chi connectivity index (χ1) is 8.29. The van der Waals surface area contributed by atoms with Crippen LogP contribution in [0.4, 0.5) is 0 Å². The van der Waals surface area contributed by atoms with Crippen molar-refractivity contribution in [2.75, 3.05) is 23.1 Å². The molecule has 0 saturated carbocycles. The summed E-state index contributed by atoms with van der Waals surface area (Å²) in [5, 5.41) is 0. The number of nitrogens with two attached hydrogens (primary N) is 1. The van der Waals surface area contributed by atoms with Crippen molar-refractivity contribution in [3.05, 3.63) is 23.5 Å². The Bertz CT molecular complexity index is 334. The highest BCUT2D eigenvalue weighted by Gasteiger charge is 2.04. The molecule has 1 aromatic heterocycles. The fourth-order valence-corrected chi connectivity index (χ4v) is 3.59. The molecule has 0 saturated heterocycles. The van der Waals surface area contributed by atoms with Gasteiger partial charge in [-0.2, -0.15) is 11.8 Å². The van der Waals surface area contributed by atoms with Gasteiger partial charge in [0.2, 0.25) is 0 Å². The van der Waals surface area contributed by atoms with Crippen LogP contribution < -0.4 is 5.73 Å². The number of thioether (sulfide) groups is 2. The van der Waals surface area contributed by atoms with Crippen molar-refractivity contribution in [1.82, 2.24) is 4.98 Å². The summed E-state index contributed by atoms with van der Waals surface area (Å²) in [5.41, 5.74) is 7.88. The Labute approximate surface area is 117 Å². The summed E-state index contributed by atoms with van der Waals surface area (Å²) in [5.74, 6) is 4.14. The van der Waals surface area contributed by atoms with Gasteiger partial charge in [-0.05, 0) is 36.5 Å². The third kappa shape index (κ3) is 5.51. The Hall–Kier alpha value is 0.1000. The zero-order valence-electron chi connectivity index (χ0n) is 10.1. The molecule has 0 bridgehead atoms. The molecule has 1 aromatic rings. The van der Waals surface area contributed by atoms with Gasteiger partial charge in [0.05, 0.1) is 5.69 Å². The fraction of sp³-hybridized carbons (Fsp3) is 0.583. The van der Waals surface area contributed by atoms with Gasteiger partial charge >= 0.3 is 0 Å². The second-order valence-corrected chi connectivity index (χ2v) is 6.33. The molecule has 0 aliphatic rings. The molecule has 1 rings (SSSR count). The Morgan fingerprint density at radius 3 is 2.88 bits per heavy atom. The second-order valence-electron chi connectivity index (χ2n) is 3.59. The summed E-state index contributed by atoms with van der Waals surface area (Å²) in [4.78, 5) is 5.58. The van der Waals surface area contributed by atoms with Crippen molar-refractivity contribution in [3.63, 3.8) is 0 Å². The van der Waals surface area contributed by atoms with Crippen molar-refractivity contribution in [2.45, 2.75) is 24.8 Å². The molecule has 2 nitrogen and oxygen atoms in total. The van der Waals surface area contributed by atoms with Crippen molar-refractivity contribution >= 4 is 35.1 Å². The maximum atomic E-state index is 5.64. The van der Waals surface area contributed by atoms with Crippen LogP contribution in [-0.4, -0.2) is 28.1 Å². The molecule has 0 aliphatic heterocycles. The SMILES string of the molecule is Cc1c(SCCCSCCCl)ccnc1CN. The number of hydrogen-bond acceptors (Lipinski definition) is 4. The van der Waals surface area contributed by atoms with E-state index in [9.17, 15) is 0 Å². The van der Waals surface area contributed by atoms with Gasteiger partial charge in [-0.25, -0.2) is 0 Å². The van der Waals surface area contributed by atoms with Gasteiger partial charge in [-0.1, -0.05) is 0 Å². The first-order valence-corrected chi connectivity index (χ1v) is 8.38. The molecule has 0 aromatic carbocycles. The van der Waals surface area contributed by atoms with Crippen LogP contribution in [0.15, 0.2) is 17.2 Å². The molecule has 0 atom stereocenters. The van der Waals surface area contributed by atoms with E-state index in [-0.39, 0.29) is 0 Å². The summed E-state index contributed by atoms with van der Waals surface area (Å²) in [6.07, 6.45) is 3.06. The summed E-state index contributed by atoms with van der Waals surface area (Å²) in [6, 6.07) is 2.07. The fourth-order valence-electron chi connectivity index (χ4n) is 1.42. The third-order valence-electron chi connectivity index (χ3n) is 2.36. The molecular formula is C12H19ClN2S2. The lowest BCUT2D eigenvalue weighted by Crippen LogP contribution is -2.03. The summed E-state index contributed by atoms with van der Waals surface area (Å²) >= 11 is 9.43. The highest BCUT2D eigenvalue weighted by molar-refractivity contribution is 8.00. The van der Waals surface area contributed by atoms with E-state index in [4.69, 9.17) is 17.3 Å². The van der Waals surface area contributed by atoms with Crippen LogP contribution in [0.3, 0.4) is 0 Å². The van der Waals surface area contributed by atoms with E-state index < -0.39 is 0 Å². The lowest BCUT2D eigenvalue weighted by Gasteiger charge is -2.08. The first kappa shape index (κ1) is 15.2. The second kappa shape index (κ2) is 9.09. The van der Waals surface area contributed by atoms with E-state index in [1.165, 1.54) is 22.6 Å². The van der Waals surface area contributed by atoms with Crippen LogP contribution in [0.1, 0.15) is 17.7 Å². The van der Waals surface area contributed by atoms with Crippen LogP contribution in [0, 0.1) is 6.92 Å². The molecular weight excluding hydrogens is 272 g/mol. The smallest absolute Gasteiger partial charge is 0.0579 e. The average Bonchev–Trinajstić information content (AvgIpc) is 2.35. The number of aromatic nitrogens is 1. The number of rotatable bonds is 8. The van der Waals surface area contributed by atoms with Crippen LogP contribution >= 0.6 is 35.1 Å². The van der Waals surface area contributed by atoms with E-state index >= 15 is 0 Å². The number of pyridine rings is 1. The Balaban J connectivity index is 2.31. The van der Waals surface area contributed by atoms with Gasteiger partial charge in [0.25, 0.3) is 0 Å². The summed E-state index contributed by atoms with van der Waals surface area (Å²) < 4.78 is 0. The Kier molecular flexibility index (Phi) is 8.10. The normalized spacial score (nSPS) is 10.8. The van der Waals surface area contributed by atoms with Gasteiger partial charge in [0.1, 0.15) is 0 Å². The average molecular weight is 291 g/mol. The summed E-state index contributed by atoms with van der Waals surface area (Å²) in [6.45, 7) is 2.62. The minimum absolute atomic E-state index is 0.520. The van der Waals surface area contributed by atoms with Gasteiger partial charge in [-0.15, -0.1) is 23.4 Å². The standard InChI is InChI=1S/C12H19ClN2S2/c1-10-11(9-14)15-5-3-12(10)17-7-2-6-16-8-4-13/h3,5H,2,4,6-9,14H2,1H3. The Morgan fingerprint density at radius 2 is 2.18 bits per heavy atom. The minimum atomic E-state index is 0.520. The topological polar surface area (TPSA) is 38.9 Å². The van der Waals surface area contributed by atoms with Crippen molar-refractivity contribution < 1.29 is 0 Å². The molecule has 1 heterocycles. The van der Waals surface area contributed by atoms with Gasteiger partial charge < -0.3 is 5.73 Å². The predicted octanol–water partition coefficient (Wildman–Crippen LogP) is 3.30. The maximum absolute atomic E-state index is 5.64. The quantitative estimate of drug-likeness (QED) is 0.453. The van der Waals surface area contributed by atoms with E-state index in [0.717, 1.165) is 23.1 Å². The molecule has 2 N–H and O–H groups in total. The molecule has 17 heavy (non-hydrogen) atoms. The van der Waals surface area contributed by atoms with E-state index in [2.05, 4.69) is 18.0 Å². The van der Waals surface area contributed by atoms with E-state index in [0.29, 0.717) is 6.54 Å². The minimum Gasteiger partial charge on any atom is -0.325 e. The lowest BCUT2D eigenvalue weighted by atomic mass is 10.2. The summed E-state index contributed by atoms with van der Waals surface area (Å²) in [7, 11) is 0. The predicted molar refractivity (Wildman–Crippen MR) is 80.3 cm³/mol. The molecule has 0 amide bonds. The van der Waals surface area contributed by atoms with Crippen molar-refractivity contribution in [2.24, 2.45) is 5.73 Å². The van der Waals surface area contributed by atoms with Gasteiger partial charge in [-0.3, -0.25) is 4.98 Å². The zero-order chi connectivity index (χ0) is 12.5. The van der Waals surface area contributed by atoms with E-state index in [1.807, 2.05) is 29.7 Å². The van der Waals surface area contributed by atoms with Crippen LogP contribution in [0.2, 0.25) is 0 Å². The zero-order valence-corrected chi connectivity index (χ0v) is 12.5. The highest BCUT2D eigenvalue weighted by Crippen LogP contribution is 2.24. The van der Waals surface area contributed by atoms with Crippen molar-refractivity contribution in [3.8, 4) is 0 Å². The van der Waals surface area contributed by atoms with Crippen LogP contribution in [0.25, 0.3) is 0 Å². The number of halogens is 1. The monoisotopic (exact) mass is 290 g/mol. The van der Waals surface area contributed by atoms with Crippen molar-refractivity contribution in [1.29, 1.82) is 0 Å². The lowest BCUT2D eigenvalue weighted by molar-refractivity contribution is 0.947. The molecule has 0 radical (unpaired) electrons. The largest absolute Gasteiger partial charge is 0.325 e. The molecule has 0 spiro atoms. The van der Waals surface area contributed by atoms with Crippen LogP contribution in [0.5, 0.6) is 0 Å². The third-order valence-corrected chi connectivity index (χ3v) is 5.09. The number of hydrogen-bond donors (Lipinski definition) is 1. The van der Waals surface area contributed by atoms with Crippen LogP contribution in [-0.2, 0) is 6.54 Å². The maximum Gasteiger partial charge on any atom is 0.0579 e. The number of alkyl halides is 1. The number of nitrogens with zero attached hydrogens (tertiary/aromatic N) is 1. The molecule has 0 aliphatic carbocycles. The highest BCUT2D eigenvalue weighted by atomic mass is 35.5. The van der Waals surface area contributed by atoms with E-state index in [1.54, 1.807) is 0 Å². The molecule has 5 heteroatoms. The van der Waals surface area contributed by atoms with Gasteiger partial charge in [0, 0.05) is 29.3 Å².